The maximum absolute atomic E-state index is 5.23. The molecule has 0 aliphatic rings. The summed E-state index contributed by atoms with van der Waals surface area (Å²) < 4.78 is 12.2. The molecule has 2 aromatic carbocycles. The summed E-state index contributed by atoms with van der Waals surface area (Å²) in [7, 11) is 3.31. The molecule has 0 fully saturated rings. The van der Waals surface area contributed by atoms with E-state index >= 15 is 0 Å². The smallest absolute Gasteiger partial charge is 0.181 e. The quantitative estimate of drug-likeness (QED) is 0.726. The highest BCUT2D eigenvalue weighted by molar-refractivity contribution is 5.55. The van der Waals surface area contributed by atoms with E-state index in [2.05, 4.69) is 10.1 Å². The van der Waals surface area contributed by atoms with Crippen molar-refractivity contribution in [2.45, 2.75) is 6.54 Å². The van der Waals surface area contributed by atoms with Gasteiger partial charge in [0.05, 0.1) is 20.8 Å². The van der Waals surface area contributed by atoms with Gasteiger partial charge in [0, 0.05) is 5.56 Å². The predicted molar refractivity (Wildman–Crippen MR) is 84.1 cm³/mol. The first-order valence-corrected chi connectivity index (χ1v) is 6.95. The molecule has 0 saturated carbocycles. The molecule has 0 unspecified atom stereocenters. The van der Waals surface area contributed by atoms with E-state index < -0.39 is 0 Å². The van der Waals surface area contributed by atoms with Crippen LogP contribution < -0.4 is 9.47 Å². The third kappa shape index (κ3) is 3.09. The number of nitrogens with zero attached hydrogens (tertiary/aromatic N) is 3. The van der Waals surface area contributed by atoms with Gasteiger partial charge in [-0.15, -0.1) is 0 Å². The standard InChI is InChI=1S/C17H17N3O2/c1-21-15-8-6-14(7-9-15)17-18-12-20(19-17)11-13-4-3-5-16(10-13)22-2/h3-10,12H,11H2,1-2H3. The molecule has 5 heteroatoms. The summed E-state index contributed by atoms with van der Waals surface area (Å²) in [5, 5.41) is 4.51. The molecule has 3 rings (SSSR count). The lowest BCUT2D eigenvalue weighted by molar-refractivity contribution is 0.414. The maximum atomic E-state index is 5.23. The number of hydrogen-bond donors (Lipinski definition) is 0. The molecule has 22 heavy (non-hydrogen) atoms. The lowest BCUT2D eigenvalue weighted by atomic mass is 10.2. The van der Waals surface area contributed by atoms with Crippen LogP contribution in [-0.2, 0) is 6.54 Å². The van der Waals surface area contributed by atoms with Crippen molar-refractivity contribution in [3.63, 3.8) is 0 Å². The van der Waals surface area contributed by atoms with E-state index in [0.29, 0.717) is 12.4 Å². The first-order chi connectivity index (χ1) is 10.8. The summed E-state index contributed by atoms with van der Waals surface area (Å²) in [4.78, 5) is 4.36. The molecule has 3 aromatic rings. The van der Waals surface area contributed by atoms with Crippen molar-refractivity contribution in [3.05, 3.63) is 60.4 Å². The average Bonchev–Trinajstić information content (AvgIpc) is 3.03. The monoisotopic (exact) mass is 295 g/mol. The molecule has 5 nitrogen and oxygen atoms in total. The highest BCUT2D eigenvalue weighted by Crippen LogP contribution is 2.19. The molecule has 0 N–H and O–H groups in total. The van der Waals surface area contributed by atoms with Crippen LogP contribution in [0.2, 0.25) is 0 Å². The molecule has 0 aliphatic carbocycles. The third-order valence-corrected chi connectivity index (χ3v) is 3.36. The molecule has 112 valence electrons. The number of hydrogen-bond acceptors (Lipinski definition) is 4. The van der Waals surface area contributed by atoms with Gasteiger partial charge in [0.15, 0.2) is 5.82 Å². The van der Waals surface area contributed by atoms with Gasteiger partial charge in [-0.1, -0.05) is 12.1 Å². The lowest BCUT2D eigenvalue weighted by Crippen LogP contribution is -2.00. The molecule has 1 heterocycles. The van der Waals surface area contributed by atoms with Crippen LogP contribution in [0.3, 0.4) is 0 Å². The van der Waals surface area contributed by atoms with Crippen molar-refractivity contribution in [3.8, 4) is 22.9 Å². The van der Waals surface area contributed by atoms with Crippen LogP contribution in [0, 0.1) is 0 Å². The van der Waals surface area contributed by atoms with Crippen molar-refractivity contribution in [2.75, 3.05) is 14.2 Å². The Kier molecular flexibility index (Phi) is 4.05. The number of rotatable bonds is 5. The molecular formula is C17H17N3O2. The van der Waals surface area contributed by atoms with Crippen LogP contribution >= 0.6 is 0 Å². The van der Waals surface area contributed by atoms with E-state index in [1.54, 1.807) is 20.5 Å². The van der Waals surface area contributed by atoms with Crippen molar-refractivity contribution in [2.24, 2.45) is 0 Å². The van der Waals surface area contributed by atoms with Gasteiger partial charge in [0.2, 0.25) is 0 Å². The van der Waals surface area contributed by atoms with Crippen LogP contribution in [0.15, 0.2) is 54.9 Å². The molecule has 0 spiro atoms. The SMILES string of the molecule is COc1ccc(-c2ncn(Cc3cccc(OC)c3)n2)cc1. The highest BCUT2D eigenvalue weighted by Gasteiger charge is 2.05. The Hall–Kier alpha value is -2.82. The zero-order valence-corrected chi connectivity index (χ0v) is 12.6. The third-order valence-electron chi connectivity index (χ3n) is 3.36. The number of benzene rings is 2. The first kappa shape index (κ1) is 14.1. The summed E-state index contributed by atoms with van der Waals surface area (Å²) >= 11 is 0. The molecular weight excluding hydrogens is 278 g/mol. The van der Waals surface area contributed by atoms with Crippen molar-refractivity contribution in [1.29, 1.82) is 0 Å². The van der Waals surface area contributed by atoms with Crippen LogP contribution in [0.25, 0.3) is 11.4 Å². The van der Waals surface area contributed by atoms with E-state index in [-0.39, 0.29) is 0 Å². The predicted octanol–water partition coefficient (Wildman–Crippen LogP) is 3.01. The van der Waals surface area contributed by atoms with E-state index in [0.717, 1.165) is 22.6 Å². The zero-order valence-electron chi connectivity index (χ0n) is 12.6. The minimum atomic E-state index is 0.653. The van der Waals surface area contributed by atoms with E-state index in [9.17, 15) is 0 Å². The Morgan fingerprint density at radius 2 is 1.73 bits per heavy atom. The van der Waals surface area contributed by atoms with Gasteiger partial charge in [-0.25, -0.2) is 9.67 Å². The molecule has 0 aliphatic heterocycles. The molecule has 1 aromatic heterocycles. The average molecular weight is 295 g/mol. The van der Waals surface area contributed by atoms with Crippen LogP contribution in [0.4, 0.5) is 0 Å². The summed E-state index contributed by atoms with van der Waals surface area (Å²) in [6.45, 7) is 0.653. The highest BCUT2D eigenvalue weighted by atomic mass is 16.5. The Labute approximate surface area is 129 Å². The number of ether oxygens (including phenoxy) is 2. The Bertz CT molecular complexity index is 751. The van der Waals surface area contributed by atoms with Gasteiger partial charge in [0.1, 0.15) is 17.8 Å². The molecule has 0 radical (unpaired) electrons. The number of aromatic nitrogens is 3. The van der Waals surface area contributed by atoms with E-state index in [1.165, 1.54) is 0 Å². The van der Waals surface area contributed by atoms with Crippen molar-refractivity contribution >= 4 is 0 Å². The van der Waals surface area contributed by atoms with Gasteiger partial charge < -0.3 is 9.47 Å². The maximum Gasteiger partial charge on any atom is 0.181 e. The van der Waals surface area contributed by atoms with Crippen LogP contribution in [-0.4, -0.2) is 29.0 Å². The van der Waals surface area contributed by atoms with Crippen molar-refractivity contribution < 1.29 is 9.47 Å². The molecule has 0 amide bonds. The van der Waals surface area contributed by atoms with Gasteiger partial charge >= 0.3 is 0 Å². The Balaban J connectivity index is 1.77. The second-order valence-corrected chi connectivity index (χ2v) is 4.85. The second kappa shape index (κ2) is 6.30. The van der Waals surface area contributed by atoms with Gasteiger partial charge in [0.25, 0.3) is 0 Å². The number of methoxy groups -OCH3 is 2. The van der Waals surface area contributed by atoms with Gasteiger partial charge in [-0.3, -0.25) is 0 Å². The fraction of sp³-hybridized carbons (Fsp3) is 0.176. The molecule has 0 saturated heterocycles. The van der Waals surface area contributed by atoms with Gasteiger partial charge in [-0.2, -0.15) is 5.10 Å². The summed E-state index contributed by atoms with van der Waals surface area (Å²) in [6.07, 6.45) is 1.74. The Morgan fingerprint density at radius 1 is 0.955 bits per heavy atom. The van der Waals surface area contributed by atoms with E-state index in [1.807, 2.05) is 53.2 Å². The second-order valence-electron chi connectivity index (χ2n) is 4.85. The van der Waals surface area contributed by atoms with Crippen LogP contribution in [0.5, 0.6) is 11.5 Å². The normalized spacial score (nSPS) is 10.5. The minimum Gasteiger partial charge on any atom is -0.497 e. The first-order valence-electron chi connectivity index (χ1n) is 6.95. The zero-order chi connectivity index (χ0) is 15.4. The largest absolute Gasteiger partial charge is 0.497 e. The summed E-state index contributed by atoms with van der Waals surface area (Å²) in [5.74, 6) is 2.36. The van der Waals surface area contributed by atoms with E-state index in [4.69, 9.17) is 9.47 Å². The fourth-order valence-electron chi connectivity index (χ4n) is 2.20. The van der Waals surface area contributed by atoms with Gasteiger partial charge in [-0.05, 0) is 42.0 Å². The minimum absolute atomic E-state index is 0.653. The topological polar surface area (TPSA) is 49.2 Å². The Morgan fingerprint density at radius 3 is 2.45 bits per heavy atom. The lowest BCUT2D eigenvalue weighted by Gasteiger charge is -2.04. The molecule has 0 atom stereocenters. The van der Waals surface area contributed by atoms with Crippen molar-refractivity contribution in [1.82, 2.24) is 14.8 Å². The van der Waals surface area contributed by atoms with Crippen LogP contribution in [0.1, 0.15) is 5.56 Å². The summed E-state index contributed by atoms with van der Waals surface area (Å²) in [5.41, 5.74) is 2.08. The molecule has 0 bridgehead atoms. The fourth-order valence-corrected chi connectivity index (χ4v) is 2.20. The summed E-state index contributed by atoms with van der Waals surface area (Å²) in [6, 6.07) is 15.6.